The summed E-state index contributed by atoms with van der Waals surface area (Å²) in [6, 6.07) is 20.8. The van der Waals surface area contributed by atoms with E-state index in [4.69, 9.17) is 9.85 Å². The summed E-state index contributed by atoms with van der Waals surface area (Å²) in [5, 5.41) is 5.17. The molecule has 0 unspecified atom stereocenters. The smallest absolute Gasteiger partial charge is 0.790 e. The van der Waals surface area contributed by atoms with Crippen LogP contribution in [0.4, 0.5) is 10.5 Å². The van der Waals surface area contributed by atoms with Gasteiger partial charge >= 0.3 is 43.8 Å². The van der Waals surface area contributed by atoms with Crippen LogP contribution >= 0.6 is 7.82 Å². The molecule has 3 aromatic carbocycles. The molecule has 0 saturated heterocycles. The summed E-state index contributed by atoms with van der Waals surface area (Å²) >= 11 is 0. The van der Waals surface area contributed by atoms with Crippen LogP contribution in [0, 0.1) is 5.92 Å². The Morgan fingerprint density at radius 1 is 0.959 bits per heavy atom. The van der Waals surface area contributed by atoms with Crippen LogP contribution in [0.5, 0.6) is 0 Å². The van der Waals surface area contributed by atoms with Crippen molar-refractivity contribution in [3.63, 3.8) is 0 Å². The Bertz CT molecular complexity index is 1680. The first kappa shape index (κ1) is 37.7. The van der Waals surface area contributed by atoms with Gasteiger partial charge in [-0.1, -0.05) is 80.9 Å². The van der Waals surface area contributed by atoms with E-state index < -0.39 is 61.5 Å². The summed E-state index contributed by atoms with van der Waals surface area (Å²) < 4.78 is 71.0. The Morgan fingerprint density at radius 3 is 2.04 bits per heavy atom. The van der Waals surface area contributed by atoms with Gasteiger partial charge in [0.2, 0.25) is 15.9 Å². The predicted molar refractivity (Wildman–Crippen MR) is 184 cm³/mol. The molecule has 0 aliphatic carbocycles. The number of carbonyl (C=O) groups is 2. The van der Waals surface area contributed by atoms with Crippen LogP contribution in [0.3, 0.4) is 0 Å². The molecule has 0 heterocycles. The van der Waals surface area contributed by atoms with Crippen molar-refractivity contribution in [1.82, 2.24) is 14.9 Å². The summed E-state index contributed by atoms with van der Waals surface area (Å²) in [5.41, 5.74) is 7.38. The number of alkyl carbamates (subject to hydrolysis) is 1. The van der Waals surface area contributed by atoms with E-state index in [1.165, 1.54) is 24.3 Å². The number of nitrogen functional groups attached to an aromatic ring is 1. The number of hydrogen-bond acceptors (Lipinski definition) is 10. The fraction of sp³-hybridized carbons (Fsp3) is 0.394. The van der Waals surface area contributed by atoms with E-state index >= 15 is 0 Å². The van der Waals surface area contributed by atoms with Gasteiger partial charge in [0.25, 0.3) is 0 Å². The minimum atomic E-state index is -5.45. The van der Waals surface area contributed by atoms with E-state index in [9.17, 15) is 32.4 Å². The zero-order valence-electron chi connectivity index (χ0n) is 30.4. The molecule has 0 aromatic heterocycles. The molecule has 0 bridgehead atoms. The Morgan fingerprint density at radius 2 is 1.53 bits per heavy atom. The maximum Gasteiger partial charge on any atom is 2.00 e. The molecule has 13 nitrogen and oxygen atoms in total. The van der Waals surface area contributed by atoms with Gasteiger partial charge in [-0.15, -0.1) is 0 Å². The summed E-state index contributed by atoms with van der Waals surface area (Å²) in [6.07, 6.45) is -0.751. The molecule has 3 rings (SSSR count). The molecule has 3 aromatic rings. The summed E-state index contributed by atoms with van der Waals surface area (Å²) in [6.45, 7) is 2.86. The van der Waals surface area contributed by atoms with Gasteiger partial charge in [0, 0.05) is 30.7 Å². The number of sulfonamides is 1. The molecule has 262 valence electrons. The van der Waals surface area contributed by atoms with Crippen LogP contribution < -0.4 is 26.2 Å². The Hall–Kier alpha value is -2.52. The van der Waals surface area contributed by atoms with Gasteiger partial charge in [0.15, 0.2) is 0 Å². The maximum absolute atomic E-state index is 13.7. The molecule has 4 N–H and O–H groups in total. The SMILES string of the molecule is [2H]C([2H])([2H])OC(=O)N[C@H](C(=O)NCCCC[C@@H](COP(=O)([O-])[O-])N(CC(C)C)S(=O)(=O)c1ccc(N)cc1)C(c1ccccc1)c1ccccc1.[Ca+2]. The van der Waals surface area contributed by atoms with E-state index in [1.807, 2.05) is 0 Å². The van der Waals surface area contributed by atoms with Crippen LogP contribution in [0.2, 0.25) is 0 Å². The number of unbranched alkanes of at least 4 members (excludes halogenated alkanes) is 1. The number of ether oxygens (including phenoxy) is 1. The first-order valence-corrected chi connectivity index (χ1v) is 18.2. The third-order valence-electron chi connectivity index (χ3n) is 7.43. The second kappa shape index (κ2) is 20.4. The zero-order valence-corrected chi connectivity index (χ0v) is 31.3. The van der Waals surface area contributed by atoms with Crippen LogP contribution in [-0.2, 0) is 28.6 Å². The second-order valence-corrected chi connectivity index (χ2v) is 14.6. The topological polar surface area (TPSA) is 203 Å². The Labute approximate surface area is 322 Å². The van der Waals surface area contributed by atoms with Crippen LogP contribution in [-0.4, -0.2) is 101 Å². The van der Waals surface area contributed by atoms with Crippen LogP contribution in [0.25, 0.3) is 0 Å². The van der Waals surface area contributed by atoms with Crippen LogP contribution in [0.15, 0.2) is 89.8 Å². The van der Waals surface area contributed by atoms with Gasteiger partial charge in [0.05, 0.1) is 30.5 Å². The largest absolute Gasteiger partial charge is 2.00 e. The molecular weight excluding hydrogens is 700 g/mol. The van der Waals surface area contributed by atoms with Crippen molar-refractivity contribution in [2.75, 3.05) is 32.5 Å². The molecule has 0 spiro atoms. The van der Waals surface area contributed by atoms with Crippen LogP contribution in [0.1, 0.15) is 54.3 Å². The van der Waals surface area contributed by atoms with Crippen molar-refractivity contribution in [3.05, 3.63) is 96.1 Å². The fourth-order valence-corrected chi connectivity index (χ4v) is 7.41. The number of nitrogens with two attached hydrogens (primary N) is 1. The van der Waals surface area contributed by atoms with Gasteiger partial charge in [-0.05, 0) is 54.2 Å². The Balaban J connectivity index is 0.00000936. The molecule has 49 heavy (non-hydrogen) atoms. The first-order valence-electron chi connectivity index (χ1n) is 16.8. The minimum Gasteiger partial charge on any atom is -0.790 e. The van der Waals surface area contributed by atoms with Crippen molar-refractivity contribution < 1.29 is 45.7 Å². The zero-order chi connectivity index (χ0) is 37.8. The fourth-order valence-electron chi connectivity index (χ4n) is 5.25. The van der Waals surface area contributed by atoms with Crippen molar-refractivity contribution >= 4 is 73.3 Å². The van der Waals surface area contributed by atoms with Gasteiger partial charge < -0.3 is 40.0 Å². The number of methoxy groups -OCH3 is 1. The van der Waals surface area contributed by atoms with Crippen molar-refractivity contribution in [3.8, 4) is 0 Å². The monoisotopic (exact) mass is 745 g/mol. The minimum absolute atomic E-state index is 0. The molecule has 16 heteroatoms. The summed E-state index contributed by atoms with van der Waals surface area (Å²) in [5.74, 6) is -1.59. The third-order valence-corrected chi connectivity index (χ3v) is 9.82. The van der Waals surface area contributed by atoms with Gasteiger partial charge in [0.1, 0.15) is 6.04 Å². The molecule has 0 radical (unpaired) electrons. The summed E-state index contributed by atoms with van der Waals surface area (Å²) in [7, 11) is -12.7. The molecule has 2 amide bonds. The van der Waals surface area contributed by atoms with E-state index in [0.29, 0.717) is 16.8 Å². The van der Waals surface area contributed by atoms with Crippen molar-refractivity contribution in [1.29, 1.82) is 0 Å². The average Bonchev–Trinajstić information content (AvgIpc) is 3.04. The van der Waals surface area contributed by atoms with Crippen molar-refractivity contribution in [2.45, 2.75) is 56.0 Å². The number of anilines is 1. The average molecular weight is 746 g/mol. The van der Waals surface area contributed by atoms with E-state index in [2.05, 4.69) is 19.9 Å². The van der Waals surface area contributed by atoms with E-state index in [0.717, 1.165) is 4.31 Å². The number of carbonyl (C=O) groups excluding carboxylic acids is 2. The number of rotatable bonds is 18. The standard InChI is InChI=1S/C33H45N4O9PS.Ca/c1-24(2)22-37(48(43,44)29-19-17-27(34)18-20-29)28(23-46-47(40,41)42)16-10-11-21-35-32(38)31(36-33(39)45-3)30(25-12-6-4-7-13-25)26-14-8-5-9-15-26;/h4-9,12-15,17-20,24,28,30-31H,10-11,16,21-23,34H2,1-3H3,(H,35,38)(H,36,39)(H2,40,41,42);/q;+2/p-2/t28-,31-;/m0./s1/i3D3;. The quantitative estimate of drug-likeness (QED) is 0.0752. The molecular formula is C33H43CaN4O9PS. The third kappa shape index (κ3) is 13.6. The normalized spacial score (nSPS) is 14.2. The molecule has 0 aliphatic heterocycles. The van der Waals surface area contributed by atoms with E-state index in [-0.39, 0.29) is 80.9 Å². The number of nitrogens with one attached hydrogen (secondary N) is 2. The maximum atomic E-state index is 13.7. The predicted octanol–water partition coefficient (Wildman–Crippen LogP) is 2.59. The number of nitrogens with zero attached hydrogens (tertiary/aromatic N) is 1. The Kier molecular flexibility index (Phi) is 15.7. The first-order chi connectivity index (χ1) is 23.9. The second-order valence-electron chi connectivity index (χ2n) is 11.5. The molecule has 0 fully saturated rings. The van der Waals surface area contributed by atoms with Gasteiger partial charge in [-0.2, -0.15) is 4.31 Å². The number of amides is 2. The molecule has 2 atom stereocenters. The summed E-state index contributed by atoms with van der Waals surface area (Å²) in [4.78, 5) is 49.2. The van der Waals surface area contributed by atoms with Gasteiger partial charge in [-0.25, -0.2) is 13.2 Å². The molecule has 0 saturated carbocycles. The number of phosphoric ester groups is 1. The van der Waals surface area contributed by atoms with Crippen molar-refractivity contribution in [2.24, 2.45) is 5.92 Å². The van der Waals surface area contributed by atoms with Gasteiger partial charge in [-0.3, -0.25) is 4.79 Å². The molecule has 0 aliphatic rings. The van der Waals surface area contributed by atoms with E-state index in [1.54, 1.807) is 74.5 Å². The number of phosphoric acid groups is 1. The number of hydrogen-bond donors (Lipinski definition) is 3. The number of benzene rings is 3.